The Balaban J connectivity index is 1.60. The Hall–Kier alpha value is -4.14. The first-order chi connectivity index (χ1) is 14.8. The molecule has 0 saturated carbocycles. The Morgan fingerprint density at radius 3 is 2.71 bits per heavy atom. The lowest BCUT2D eigenvalue weighted by Gasteiger charge is -2.10. The van der Waals surface area contributed by atoms with Gasteiger partial charge in [-0.15, -0.1) is 0 Å². The van der Waals surface area contributed by atoms with Gasteiger partial charge < -0.3 is 10.6 Å². The fourth-order valence-electron chi connectivity index (χ4n) is 2.85. The summed E-state index contributed by atoms with van der Waals surface area (Å²) in [7, 11) is -3.87. The van der Waals surface area contributed by atoms with E-state index in [2.05, 4.69) is 25.6 Å². The highest BCUT2D eigenvalue weighted by atomic mass is 32.2. The first-order valence-electron chi connectivity index (χ1n) is 8.81. The highest BCUT2D eigenvalue weighted by Crippen LogP contribution is 2.21. The summed E-state index contributed by atoms with van der Waals surface area (Å²) < 4.78 is 37.3. The van der Waals surface area contributed by atoms with Crippen molar-refractivity contribution in [1.82, 2.24) is 9.97 Å². The van der Waals surface area contributed by atoms with E-state index in [4.69, 9.17) is 10.4 Å². The maximum atomic E-state index is 14.3. The Kier molecular flexibility index (Phi) is 5.16. The SMILES string of the molecule is N#CC=C1C=c2cc(Nc3nc(Nc4cccc(S(N)(=O)=O)c4)ncc3F)ccc2=N1. The zero-order valence-corrected chi connectivity index (χ0v) is 16.6. The maximum absolute atomic E-state index is 14.3. The van der Waals surface area contributed by atoms with Crippen LogP contribution in [0, 0.1) is 17.1 Å². The van der Waals surface area contributed by atoms with Crippen molar-refractivity contribution in [2.75, 3.05) is 10.6 Å². The van der Waals surface area contributed by atoms with Gasteiger partial charge in [0.1, 0.15) is 0 Å². The standard InChI is InChI=1S/C20H14FN7O2S/c21-17-11-24-20(27-13-2-1-3-16(10-13)31(23,29)30)28-19(17)26-14-4-5-18-12(8-14)9-15(25-18)6-7-22/h1-6,8-11H,(H2,23,29,30)(H2,24,26,27,28). The van der Waals surface area contributed by atoms with Crippen LogP contribution >= 0.6 is 0 Å². The molecule has 0 amide bonds. The number of halogens is 1. The molecule has 31 heavy (non-hydrogen) atoms. The Bertz CT molecular complexity index is 1490. The number of benzene rings is 2. The molecule has 4 N–H and O–H groups in total. The van der Waals surface area contributed by atoms with Crippen LogP contribution in [0.25, 0.3) is 6.08 Å². The van der Waals surface area contributed by atoms with Gasteiger partial charge in [0, 0.05) is 22.7 Å². The van der Waals surface area contributed by atoms with E-state index in [1.54, 1.807) is 30.3 Å². The highest BCUT2D eigenvalue weighted by Gasteiger charge is 2.11. The fraction of sp³-hybridized carbons (Fsp3) is 0. The number of hydrogen-bond acceptors (Lipinski definition) is 8. The van der Waals surface area contributed by atoms with E-state index in [0.29, 0.717) is 22.4 Å². The largest absolute Gasteiger partial charge is 0.338 e. The van der Waals surface area contributed by atoms with E-state index in [1.165, 1.54) is 24.3 Å². The van der Waals surface area contributed by atoms with E-state index in [1.807, 2.05) is 6.07 Å². The van der Waals surface area contributed by atoms with Crippen molar-refractivity contribution in [1.29, 1.82) is 5.26 Å². The summed E-state index contributed by atoms with van der Waals surface area (Å²) in [6, 6.07) is 12.9. The number of nitrogens with one attached hydrogen (secondary N) is 2. The fourth-order valence-corrected chi connectivity index (χ4v) is 3.41. The molecule has 9 nitrogen and oxygen atoms in total. The van der Waals surface area contributed by atoms with Crippen molar-refractivity contribution in [2.45, 2.75) is 4.90 Å². The topological polar surface area (TPSA) is 146 Å². The normalized spacial score (nSPS) is 13.6. The molecule has 1 aromatic heterocycles. The number of hydrogen-bond donors (Lipinski definition) is 3. The maximum Gasteiger partial charge on any atom is 0.238 e. The first-order valence-corrected chi connectivity index (χ1v) is 10.4. The molecule has 0 radical (unpaired) electrons. The van der Waals surface area contributed by atoms with E-state index < -0.39 is 15.8 Å². The number of nitrogens with zero attached hydrogens (tertiary/aromatic N) is 4. The number of anilines is 4. The van der Waals surface area contributed by atoms with Crippen LogP contribution in [-0.4, -0.2) is 18.4 Å². The number of fused-ring (bicyclic) bond motifs is 1. The van der Waals surface area contributed by atoms with Crippen LogP contribution in [0.1, 0.15) is 0 Å². The third kappa shape index (κ3) is 4.55. The van der Waals surface area contributed by atoms with Gasteiger partial charge in [0.15, 0.2) is 11.6 Å². The monoisotopic (exact) mass is 435 g/mol. The quantitative estimate of drug-likeness (QED) is 0.516. The summed E-state index contributed by atoms with van der Waals surface area (Å²) in [4.78, 5) is 12.2. The predicted molar refractivity (Wildman–Crippen MR) is 112 cm³/mol. The summed E-state index contributed by atoms with van der Waals surface area (Å²) in [5.41, 5.74) is 1.47. The summed E-state index contributed by atoms with van der Waals surface area (Å²) >= 11 is 0. The number of nitriles is 1. The van der Waals surface area contributed by atoms with Gasteiger partial charge in [0.2, 0.25) is 16.0 Å². The van der Waals surface area contributed by atoms with Crippen LogP contribution in [0.4, 0.5) is 27.5 Å². The van der Waals surface area contributed by atoms with Gasteiger partial charge in [-0.25, -0.2) is 27.9 Å². The lowest BCUT2D eigenvalue weighted by Crippen LogP contribution is -2.21. The smallest absolute Gasteiger partial charge is 0.238 e. The minimum Gasteiger partial charge on any atom is -0.338 e. The molecule has 1 aliphatic rings. The zero-order chi connectivity index (χ0) is 22.0. The van der Waals surface area contributed by atoms with Crippen LogP contribution in [-0.2, 0) is 10.0 Å². The average molecular weight is 435 g/mol. The molecule has 3 aromatic rings. The van der Waals surface area contributed by atoms with Crippen molar-refractivity contribution in [3.63, 3.8) is 0 Å². The summed E-state index contributed by atoms with van der Waals surface area (Å²) in [6.07, 6.45) is 4.06. The Morgan fingerprint density at radius 2 is 1.94 bits per heavy atom. The van der Waals surface area contributed by atoms with Crippen molar-refractivity contribution in [2.24, 2.45) is 10.1 Å². The second kappa shape index (κ2) is 7.94. The molecule has 2 heterocycles. The number of nitrogens with two attached hydrogens (primary N) is 1. The van der Waals surface area contributed by atoms with Gasteiger partial charge in [-0.2, -0.15) is 10.2 Å². The molecule has 11 heteroatoms. The number of primary sulfonamides is 1. The predicted octanol–water partition coefficient (Wildman–Crippen LogP) is 1.57. The molecule has 0 unspecified atom stereocenters. The summed E-state index contributed by atoms with van der Waals surface area (Å²) in [6.45, 7) is 0. The molecule has 154 valence electrons. The molecule has 4 rings (SSSR count). The minimum atomic E-state index is -3.87. The van der Waals surface area contributed by atoms with Gasteiger partial charge in [-0.1, -0.05) is 6.07 Å². The molecule has 1 aliphatic heterocycles. The van der Waals surface area contributed by atoms with Crippen molar-refractivity contribution < 1.29 is 12.8 Å². The van der Waals surface area contributed by atoms with Crippen LogP contribution in [0.15, 0.2) is 70.3 Å². The third-order valence-corrected chi connectivity index (χ3v) is 5.13. The highest BCUT2D eigenvalue weighted by molar-refractivity contribution is 7.89. The summed E-state index contributed by atoms with van der Waals surface area (Å²) in [5.74, 6) is -0.705. The van der Waals surface area contributed by atoms with Crippen molar-refractivity contribution >= 4 is 39.2 Å². The van der Waals surface area contributed by atoms with Crippen molar-refractivity contribution in [3.8, 4) is 6.07 Å². The van der Waals surface area contributed by atoms with E-state index >= 15 is 0 Å². The van der Waals surface area contributed by atoms with Crippen molar-refractivity contribution in [3.05, 3.63) is 76.8 Å². The number of rotatable bonds is 5. The molecule has 0 fully saturated rings. The molecule has 2 aromatic carbocycles. The average Bonchev–Trinajstić information content (AvgIpc) is 3.12. The molecule has 0 spiro atoms. The first kappa shape index (κ1) is 20.1. The van der Waals surface area contributed by atoms with Gasteiger partial charge in [0.05, 0.1) is 28.2 Å². The molecule has 0 saturated heterocycles. The molecular weight excluding hydrogens is 421 g/mol. The molecule has 0 atom stereocenters. The van der Waals surface area contributed by atoms with Crippen LogP contribution < -0.4 is 26.3 Å². The van der Waals surface area contributed by atoms with Crippen LogP contribution in [0.5, 0.6) is 0 Å². The summed E-state index contributed by atoms with van der Waals surface area (Å²) in [5, 5.41) is 21.1. The van der Waals surface area contributed by atoms with E-state index in [0.717, 1.165) is 11.4 Å². The van der Waals surface area contributed by atoms with Crippen LogP contribution in [0.3, 0.4) is 0 Å². The number of allylic oxidation sites excluding steroid dienone is 2. The zero-order valence-electron chi connectivity index (χ0n) is 15.7. The van der Waals surface area contributed by atoms with Gasteiger partial charge >= 0.3 is 0 Å². The second-order valence-corrected chi connectivity index (χ2v) is 8.00. The van der Waals surface area contributed by atoms with E-state index in [9.17, 15) is 12.8 Å². The van der Waals surface area contributed by atoms with Crippen LogP contribution in [0.2, 0.25) is 0 Å². The van der Waals surface area contributed by atoms with Gasteiger partial charge in [-0.3, -0.25) is 0 Å². The minimum absolute atomic E-state index is 0.0532. The molecular formula is C20H14FN7O2S. The van der Waals surface area contributed by atoms with Gasteiger partial charge in [0.25, 0.3) is 0 Å². The lowest BCUT2D eigenvalue weighted by atomic mass is 10.2. The third-order valence-electron chi connectivity index (χ3n) is 4.22. The lowest BCUT2D eigenvalue weighted by molar-refractivity contribution is 0.598. The van der Waals surface area contributed by atoms with Gasteiger partial charge in [-0.05, 0) is 42.5 Å². The Labute approximate surface area is 176 Å². The molecule has 0 bridgehead atoms. The van der Waals surface area contributed by atoms with E-state index in [-0.39, 0.29) is 16.7 Å². The second-order valence-electron chi connectivity index (χ2n) is 6.44. The molecule has 0 aliphatic carbocycles. The Morgan fingerprint density at radius 1 is 1.13 bits per heavy atom. The number of sulfonamides is 1. The number of aromatic nitrogens is 2.